The van der Waals surface area contributed by atoms with Gasteiger partial charge in [-0.3, -0.25) is 0 Å². The molecule has 0 aromatic heterocycles. The average Bonchev–Trinajstić information content (AvgIpc) is 2.64. The van der Waals surface area contributed by atoms with Crippen molar-refractivity contribution >= 4 is 11.7 Å². The molecule has 7 nitrogen and oxygen atoms in total. The smallest absolute Gasteiger partial charge is 0.317 e. The Morgan fingerprint density at radius 2 is 1.84 bits per heavy atom. The van der Waals surface area contributed by atoms with Crippen LogP contribution in [0.25, 0.3) is 0 Å². The number of nitrogens with zero attached hydrogens (tertiary/aromatic N) is 3. The summed E-state index contributed by atoms with van der Waals surface area (Å²) in [4.78, 5) is 18.5. The molecule has 2 amide bonds. The number of fused-ring (bicyclic) bond motifs is 1. The Hall–Kier alpha value is -2.15. The van der Waals surface area contributed by atoms with Crippen molar-refractivity contribution in [2.75, 3.05) is 71.5 Å². The van der Waals surface area contributed by atoms with Crippen LogP contribution < -0.4 is 19.7 Å². The molecule has 0 atom stereocenters. The normalized spacial score (nSPS) is 16.9. The largest absolute Gasteiger partial charge is 0.486 e. The lowest BCUT2D eigenvalue weighted by atomic mass is 10.2. The molecule has 25 heavy (non-hydrogen) atoms. The molecular weight excluding hydrogens is 320 g/mol. The van der Waals surface area contributed by atoms with Gasteiger partial charge in [0.2, 0.25) is 0 Å². The highest BCUT2D eigenvalue weighted by molar-refractivity contribution is 5.74. The van der Waals surface area contributed by atoms with E-state index in [9.17, 15) is 4.79 Å². The van der Waals surface area contributed by atoms with Gasteiger partial charge < -0.3 is 29.5 Å². The third-order valence-electron chi connectivity index (χ3n) is 4.52. The van der Waals surface area contributed by atoms with Crippen LogP contribution in [0.1, 0.15) is 6.42 Å². The molecule has 0 unspecified atom stereocenters. The number of anilines is 1. The van der Waals surface area contributed by atoms with E-state index < -0.39 is 0 Å². The Morgan fingerprint density at radius 3 is 2.56 bits per heavy atom. The number of carbonyl (C=O) groups excluding carboxylic acids is 1. The number of urea groups is 1. The van der Waals surface area contributed by atoms with E-state index in [4.69, 9.17) is 9.47 Å². The van der Waals surface area contributed by atoms with E-state index in [1.54, 1.807) is 0 Å². The molecule has 0 saturated carbocycles. The van der Waals surface area contributed by atoms with Crippen molar-refractivity contribution in [3.05, 3.63) is 18.2 Å². The molecule has 0 radical (unpaired) electrons. The maximum Gasteiger partial charge on any atom is 0.317 e. The number of piperazine rings is 1. The van der Waals surface area contributed by atoms with Crippen molar-refractivity contribution in [1.29, 1.82) is 0 Å². The van der Waals surface area contributed by atoms with Crippen LogP contribution in [0, 0.1) is 0 Å². The molecule has 1 saturated heterocycles. The zero-order valence-corrected chi connectivity index (χ0v) is 15.2. The topological polar surface area (TPSA) is 57.3 Å². The Balaban J connectivity index is 1.46. The first kappa shape index (κ1) is 17.7. The van der Waals surface area contributed by atoms with E-state index in [-0.39, 0.29) is 6.03 Å². The van der Waals surface area contributed by atoms with Gasteiger partial charge in [-0.15, -0.1) is 0 Å². The summed E-state index contributed by atoms with van der Waals surface area (Å²) in [6.07, 6.45) is 0.968. The van der Waals surface area contributed by atoms with Gasteiger partial charge in [0.25, 0.3) is 0 Å². The highest BCUT2D eigenvalue weighted by Crippen LogP contribution is 2.34. The Labute approximate surface area is 149 Å². The molecule has 2 heterocycles. The monoisotopic (exact) mass is 348 g/mol. The van der Waals surface area contributed by atoms with Crippen LogP contribution in [0.15, 0.2) is 18.2 Å². The van der Waals surface area contributed by atoms with Crippen molar-refractivity contribution in [2.45, 2.75) is 6.42 Å². The lowest BCUT2D eigenvalue weighted by molar-refractivity contribution is 0.171. The summed E-state index contributed by atoms with van der Waals surface area (Å²) in [7, 11) is 4.08. The van der Waals surface area contributed by atoms with E-state index in [0.717, 1.165) is 62.9 Å². The fourth-order valence-corrected chi connectivity index (χ4v) is 3.10. The number of ether oxygens (including phenoxy) is 2. The summed E-state index contributed by atoms with van der Waals surface area (Å²) in [6.45, 7) is 6.02. The lowest BCUT2D eigenvalue weighted by Gasteiger charge is -2.36. The van der Waals surface area contributed by atoms with Crippen molar-refractivity contribution in [2.24, 2.45) is 0 Å². The number of amides is 2. The fraction of sp³-hybridized carbons (Fsp3) is 0.611. The van der Waals surface area contributed by atoms with E-state index >= 15 is 0 Å². The minimum atomic E-state index is 0.0422. The molecule has 1 fully saturated rings. The van der Waals surface area contributed by atoms with Gasteiger partial charge in [0, 0.05) is 44.5 Å². The Morgan fingerprint density at radius 1 is 1.12 bits per heavy atom. The quantitative estimate of drug-likeness (QED) is 0.812. The van der Waals surface area contributed by atoms with Gasteiger partial charge in [-0.1, -0.05) is 0 Å². The third kappa shape index (κ3) is 4.69. The molecule has 1 N–H and O–H groups in total. The maximum atomic E-state index is 12.2. The number of nitrogens with one attached hydrogen (secondary N) is 1. The molecule has 2 aliphatic heterocycles. The Bertz CT molecular complexity index is 586. The van der Waals surface area contributed by atoms with Crippen LogP contribution in [0.5, 0.6) is 11.5 Å². The van der Waals surface area contributed by atoms with Crippen molar-refractivity contribution in [1.82, 2.24) is 15.1 Å². The first-order valence-corrected chi connectivity index (χ1v) is 8.95. The molecule has 2 aliphatic rings. The SMILES string of the molecule is CN(C)CCCNC(=O)N1CCN(c2ccc3c(c2)OCCO3)CC1. The summed E-state index contributed by atoms with van der Waals surface area (Å²) >= 11 is 0. The van der Waals surface area contributed by atoms with Gasteiger partial charge in [-0.05, 0) is 39.2 Å². The molecule has 1 aromatic rings. The van der Waals surface area contributed by atoms with Crippen LogP contribution in [0.3, 0.4) is 0 Å². The van der Waals surface area contributed by atoms with Gasteiger partial charge in [0.05, 0.1) is 0 Å². The summed E-state index contributed by atoms with van der Waals surface area (Å²) in [5.41, 5.74) is 1.12. The Kier molecular flexibility index (Phi) is 5.86. The molecule has 3 rings (SSSR count). The second kappa shape index (κ2) is 8.29. The molecule has 7 heteroatoms. The number of benzene rings is 1. The molecule has 0 aliphatic carbocycles. The summed E-state index contributed by atoms with van der Waals surface area (Å²) < 4.78 is 11.2. The first-order valence-electron chi connectivity index (χ1n) is 8.95. The fourth-order valence-electron chi connectivity index (χ4n) is 3.10. The van der Waals surface area contributed by atoms with Crippen LogP contribution in [0.4, 0.5) is 10.5 Å². The lowest BCUT2D eigenvalue weighted by Crippen LogP contribution is -2.52. The molecule has 138 valence electrons. The van der Waals surface area contributed by atoms with Crippen LogP contribution in [0.2, 0.25) is 0 Å². The summed E-state index contributed by atoms with van der Waals surface area (Å²) in [5, 5.41) is 3.01. The van der Waals surface area contributed by atoms with Crippen LogP contribution in [-0.2, 0) is 0 Å². The predicted octanol–water partition coefficient (Wildman–Crippen LogP) is 1.24. The number of hydrogen-bond acceptors (Lipinski definition) is 5. The van der Waals surface area contributed by atoms with E-state index in [1.165, 1.54) is 0 Å². The molecule has 0 bridgehead atoms. The highest BCUT2D eigenvalue weighted by Gasteiger charge is 2.22. The summed E-state index contributed by atoms with van der Waals surface area (Å²) in [6, 6.07) is 6.10. The predicted molar refractivity (Wildman–Crippen MR) is 97.8 cm³/mol. The van der Waals surface area contributed by atoms with Crippen molar-refractivity contribution in [3.8, 4) is 11.5 Å². The van der Waals surface area contributed by atoms with Crippen molar-refractivity contribution in [3.63, 3.8) is 0 Å². The zero-order chi connectivity index (χ0) is 17.6. The van der Waals surface area contributed by atoms with Crippen LogP contribution >= 0.6 is 0 Å². The standard InChI is InChI=1S/C18H28N4O3/c1-20(2)7-3-6-19-18(23)22-10-8-21(9-11-22)15-4-5-16-17(14-15)25-13-12-24-16/h4-5,14H,3,6-13H2,1-2H3,(H,19,23). The first-order chi connectivity index (χ1) is 12.1. The average molecular weight is 348 g/mol. The third-order valence-corrected chi connectivity index (χ3v) is 4.52. The molecular formula is C18H28N4O3. The van der Waals surface area contributed by atoms with E-state index in [0.29, 0.717) is 13.2 Å². The number of hydrogen-bond donors (Lipinski definition) is 1. The zero-order valence-electron chi connectivity index (χ0n) is 15.2. The second-order valence-electron chi connectivity index (χ2n) is 6.69. The minimum absolute atomic E-state index is 0.0422. The van der Waals surface area contributed by atoms with Gasteiger partial charge in [0.15, 0.2) is 11.5 Å². The maximum absolute atomic E-state index is 12.2. The second-order valence-corrected chi connectivity index (χ2v) is 6.69. The van der Waals surface area contributed by atoms with Crippen LogP contribution in [-0.4, -0.2) is 82.4 Å². The highest BCUT2D eigenvalue weighted by atomic mass is 16.6. The van der Waals surface area contributed by atoms with E-state index in [1.807, 2.05) is 31.1 Å². The van der Waals surface area contributed by atoms with Gasteiger partial charge in [-0.2, -0.15) is 0 Å². The van der Waals surface area contributed by atoms with Gasteiger partial charge >= 0.3 is 6.03 Å². The number of carbonyl (C=O) groups is 1. The van der Waals surface area contributed by atoms with E-state index in [2.05, 4.69) is 21.2 Å². The molecule has 1 aromatic carbocycles. The minimum Gasteiger partial charge on any atom is -0.486 e. The molecule has 0 spiro atoms. The van der Waals surface area contributed by atoms with Gasteiger partial charge in [-0.25, -0.2) is 4.79 Å². The van der Waals surface area contributed by atoms with Crippen molar-refractivity contribution < 1.29 is 14.3 Å². The van der Waals surface area contributed by atoms with Gasteiger partial charge in [0.1, 0.15) is 13.2 Å². The summed E-state index contributed by atoms with van der Waals surface area (Å²) in [5.74, 6) is 1.62. The number of rotatable bonds is 5.